The van der Waals surface area contributed by atoms with Crippen molar-refractivity contribution in [2.75, 3.05) is 13.2 Å². The fourth-order valence-electron chi connectivity index (χ4n) is 5.88. The van der Waals surface area contributed by atoms with Gasteiger partial charge in [-0.05, 0) is 19.3 Å². The second-order valence-electron chi connectivity index (χ2n) is 13.4. The van der Waals surface area contributed by atoms with Gasteiger partial charge in [-0.1, -0.05) is 194 Å². The maximum absolute atomic E-state index is 12.1. The van der Waals surface area contributed by atoms with E-state index >= 15 is 0 Å². The highest BCUT2D eigenvalue weighted by atomic mass is 16.5. The monoisotopic (exact) mass is 624 g/mol. The van der Waals surface area contributed by atoms with E-state index in [2.05, 4.69) is 13.8 Å². The molecule has 5 nitrogen and oxygen atoms in total. The van der Waals surface area contributed by atoms with Gasteiger partial charge in [0.1, 0.15) is 6.04 Å². The number of rotatable bonds is 36. The second kappa shape index (κ2) is 36.4. The molecule has 0 amide bonds. The third-order valence-electron chi connectivity index (χ3n) is 8.97. The van der Waals surface area contributed by atoms with Crippen LogP contribution in [0.5, 0.6) is 0 Å². The van der Waals surface area contributed by atoms with Crippen molar-refractivity contribution in [3.05, 3.63) is 0 Å². The quantitative estimate of drug-likeness (QED) is 0.0555. The Kier molecular flexibility index (Phi) is 35.5. The lowest BCUT2D eigenvalue weighted by molar-refractivity contribution is -0.146. The van der Waals surface area contributed by atoms with Crippen molar-refractivity contribution in [1.82, 2.24) is 0 Å². The largest absolute Gasteiger partial charge is 0.466 e. The first kappa shape index (κ1) is 42.9. The van der Waals surface area contributed by atoms with Gasteiger partial charge < -0.3 is 15.2 Å². The van der Waals surface area contributed by atoms with Crippen LogP contribution in [0.3, 0.4) is 0 Å². The molecular formula is C39H77NO4. The first-order chi connectivity index (χ1) is 21.6. The van der Waals surface area contributed by atoms with Gasteiger partial charge in [-0.3, -0.25) is 9.59 Å². The number of hydrogen-bond donors (Lipinski definition) is 1. The lowest BCUT2D eigenvalue weighted by Gasteiger charge is -2.11. The maximum atomic E-state index is 12.1. The summed E-state index contributed by atoms with van der Waals surface area (Å²) in [5, 5.41) is 0. The van der Waals surface area contributed by atoms with E-state index in [0.717, 1.165) is 25.7 Å². The fourth-order valence-corrected chi connectivity index (χ4v) is 5.88. The number of nitrogens with two attached hydrogens (primary N) is 1. The average molecular weight is 624 g/mol. The van der Waals surface area contributed by atoms with E-state index in [-0.39, 0.29) is 18.8 Å². The smallest absolute Gasteiger partial charge is 0.322 e. The molecular weight excluding hydrogens is 546 g/mol. The number of esters is 2. The molecule has 0 aromatic heterocycles. The zero-order valence-corrected chi connectivity index (χ0v) is 29.8. The van der Waals surface area contributed by atoms with Crippen LogP contribution in [0.4, 0.5) is 0 Å². The Bertz CT molecular complexity index is 597. The molecule has 0 saturated heterocycles. The van der Waals surface area contributed by atoms with Crippen LogP contribution in [0.2, 0.25) is 0 Å². The number of carbonyl (C=O) groups excluding carboxylic acids is 2. The molecule has 0 aromatic carbocycles. The third kappa shape index (κ3) is 33.8. The Morgan fingerprint density at radius 2 is 0.705 bits per heavy atom. The van der Waals surface area contributed by atoms with Gasteiger partial charge in [-0.15, -0.1) is 0 Å². The Hall–Kier alpha value is -1.10. The molecule has 0 spiro atoms. The molecule has 1 atom stereocenters. The van der Waals surface area contributed by atoms with E-state index in [1.165, 1.54) is 167 Å². The fraction of sp³-hybridized carbons (Fsp3) is 0.949. The van der Waals surface area contributed by atoms with Crippen LogP contribution >= 0.6 is 0 Å². The molecule has 0 rings (SSSR count). The van der Waals surface area contributed by atoms with Gasteiger partial charge in [0, 0.05) is 6.42 Å². The normalized spacial score (nSPS) is 12.0. The molecule has 0 aliphatic carbocycles. The predicted octanol–water partition coefficient (Wildman–Crippen LogP) is 11.9. The molecule has 0 radical (unpaired) electrons. The van der Waals surface area contributed by atoms with Gasteiger partial charge in [0.15, 0.2) is 0 Å². The van der Waals surface area contributed by atoms with Crippen molar-refractivity contribution >= 4 is 11.9 Å². The maximum Gasteiger partial charge on any atom is 0.322 e. The molecule has 0 fully saturated rings. The zero-order chi connectivity index (χ0) is 32.2. The summed E-state index contributed by atoms with van der Waals surface area (Å²) >= 11 is 0. The van der Waals surface area contributed by atoms with Crippen molar-refractivity contribution in [3.63, 3.8) is 0 Å². The van der Waals surface area contributed by atoms with Crippen LogP contribution in [0.15, 0.2) is 0 Å². The highest BCUT2D eigenvalue weighted by Crippen LogP contribution is 2.15. The minimum atomic E-state index is -0.746. The molecule has 0 bridgehead atoms. The van der Waals surface area contributed by atoms with Crippen molar-refractivity contribution in [3.8, 4) is 0 Å². The van der Waals surface area contributed by atoms with Crippen LogP contribution in [0.25, 0.3) is 0 Å². The summed E-state index contributed by atoms with van der Waals surface area (Å²) in [5.41, 5.74) is 5.94. The lowest BCUT2D eigenvalue weighted by Crippen LogP contribution is -2.33. The third-order valence-corrected chi connectivity index (χ3v) is 8.97. The summed E-state index contributed by atoms with van der Waals surface area (Å²) in [6.07, 6.45) is 39.9. The molecule has 2 N–H and O–H groups in total. The molecule has 44 heavy (non-hydrogen) atoms. The average Bonchev–Trinajstić information content (AvgIpc) is 3.03. The minimum absolute atomic E-state index is 0.175. The Morgan fingerprint density at radius 1 is 0.432 bits per heavy atom. The van der Waals surface area contributed by atoms with Crippen LogP contribution < -0.4 is 5.73 Å². The van der Waals surface area contributed by atoms with Gasteiger partial charge in [0.2, 0.25) is 0 Å². The first-order valence-corrected chi connectivity index (χ1v) is 19.7. The molecule has 262 valence electrons. The zero-order valence-electron chi connectivity index (χ0n) is 29.8. The lowest BCUT2D eigenvalue weighted by atomic mass is 10.0. The molecule has 0 unspecified atom stereocenters. The van der Waals surface area contributed by atoms with E-state index in [9.17, 15) is 9.59 Å². The van der Waals surface area contributed by atoms with Crippen molar-refractivity contribution in [2.24, 2.45) is 5.73 Å². The standard InChI is InChI=1S/C39H77NO4/c1-3-5-7-9-11-13-15-17-19-20-22-24-26-28-30-32-36-44-39(42)37(40)33-34-38(41)43-35-31-29-27-25-23-21-18-16-14-12-10-8-6-4-2/h37H,3-36,40H2,1-2H3/t37-/m0/s1. The van der Waals surface area contributed by atoms with E-state index in [0.29, 0.717) is 13.2 Å². The topological polar surface area (TPSA) is 78.6 Å². The van der Waals surface area contributed by atoms with Crippen LogP contribution in [-0.2, 0) is 19.1 Å². The van der Waals surface area contributed by atoms with Crippen LogP contribution in [0.1, 0.15) is 219 Å². The summed E-state index contributed by atoms with van der Waals surface area (Å²) in [6, 6.07) is -0.746. The summed E-state index contributed by atoms with van der Waals surface area (Å²) < 4.78 is 10.7. The van der Waals surface area contributed by atoms with E-state index in [1.807, 2.05) is 0 Å². The molecule has 5 heteroatoms. The minimum Gasteiger partial charge on any atom is -0.466 e. The SMILES string of the molecule is CCCCCCCCCCCCCCCCCCOC(=O)[C@@H](N)CCC(=O)OCCCCCCCCCCCCCCCC. The summed E-state index contributed by atoms with van der Waals surface area (Å²) in [4.78, 5) is 24.1. The van der Waals surface area contributed by atoms with Crippen LogP contribution in [-0.4, -0.2) is 31.2 Å². The Labute approximate surface area is 274 Å². The van der Waals surface area contributed by atoms with Gasteiger partial charge >= 0.3 is 11.9 Å². The van der Waals surface area contributed by atoms with E-state index < -0.39 is 12.0 Å². The number of unbranched alkanes of at least 4 members (excludes halogenated alkanes) is 28. The van der Waals surface area contributed by atoms with Crippen LogP contribution in [0, 0.1) is 0 Å². The highest BCUT2D eigenvalue weighted by Gasteiger charge is 2.17. The number of hydrogen-bond acceptors (Lipinski definition) is 5. The van der Waals surface area contributed by atoms with Gasteiger partial charge in [0.05, 0.1) is 13.2 Å². The summed E-state index contributed by atoms with van der Waals surface area (Å²) in [5.74, 6) is -0.661. The molecule has 0 aliphatic rings. The molecule has 0 heterocycles. The highest BCUT2D eigenvalue weighted by molar-refractivity contribution is 5.77. The van der Waals surface area contributed by atoms with Gasteiger partial charge in [-0.25, -0.2) is 0 Å². The van der Waals surface area contributed by atoms with Gasteiger partial charge in [-0.2, -0.15) is 0 Å². The van der Waals surface area contributed by atoms with Gasteiger partial charge in [0.25, 0.3) is 0 Å². The number of carbonyl (C=O) groups is 2. The van der Waals surface area contributed by atoms with E-state index in [4.69, 9.17) is 15.2 Å². The summed E-state index contributed by atoms with van der Waals surface area (Å²) in [6.45, 7) is 5.44. The van der Waals surface area contributed by atoms with Crippen molar-refractivity contribution in [2.45, 2.75) is 225 Å². The van der Waals surface area contributed by atoms with E-state index in [1.54, 1.807) is 0 Å². The second-order valence-corrected chi connectivity index (χ2v) is 13.4. The first-order valence-electron chi connectivity index (χ1n) is 19.7. The molecule has 0 aliphatic heterocycles. The Balaban J connectivity index is 3.38. The Morgan fingerprint density at radius 3 is 1.02 bits per heavy atom. The van der Waals surface area contributed by atoms with Crippen molar-refractivity contribution < 1.29 is 19.1 Å². The predicted molar refractivity (Wildman–Crippen MR) is 189 cm³/mol. The van der Waals surface area contributed by atoms with Crippen molar-refractivity contribution in [1.29, 1.82) is 0 Å². The number of ether oxygens (including phenoxy) is 2. The molecule has 0 aromatic rings. The summed E-state index contributed by atoms with van der Waals surface area (Å²) in [7, 11) is 0. The molecule has 0 saturated carbocycles.